The summed E-state index contributed by atoms with van der Waals surface area (Å²) in [4.78, 5) is 15.7. The van der Waals surface area contributed by atoms with Gasteiger partial charge < -0.3 is 9.13 Å². The van der Waals surface area contributed by atoms with Gasteiger partial charge in [-0.2, -0.15) is 0 Å². The lowest BCUT2D eigenvalue weighted by Gasteiger charge is -2.17. The van der Waals surface area contributed by atoms with Gasteiger partial charge in [-0.15, -0.1) is 0 Å². The van der Waals surface area contributed by atoms with E-state index in [0.29, 0.717) is 17.5 Å². The van der Waals surface area contributed by atoms with Gasteiger partial charge in [0.1, 0.15) is 0 Å². The second-order valence-electron chi connectivity index (χ2n) is 15.3. The molecule has 0 saturated heterocycles. The number of para-hydroxylation sites is 4. The molecule has 0 atom stereocenters. The van der Waals surface area contributed by atoms with Crippen LogP contribution in [0.3, 0.4) is 0 Å². The van der Waals surface area contributed by atoms with Gasteiger partial charge in [-0.05, 0) is 64.9 Å². The summed E-state index contributed by atoms with van der Waals surface area (Å²) in [7, 11) is 0. The van der Waals surface area contributed by atoms with E-state index in [1.165, 1.54) is 32.3 Å². The Morgan fingerprint density at radius 2 is 0.750 bits per heavy atom. The molecule has 0 spiro atoms. The topological polar surface area (TPSA) is 48.5 Å². The predicted octanol–water partition coefficient (Wildman–Crippen LogP) is 13.9. The minimum atomic E-state index is 0.605. The Kier molecular flexibility index (Phi) is 7.78. The molecule has 0 fully saturated rings. The maximum Gasteiger partial charge on any atom is 0.164 e. The molecule has 5 heteroatoms. The second kappa shape index (κ2) is 13.8. The third-order valence-corrected chi connectivity index (χ3v) is 11.7. The Morgan fingerprint density at radius 3 is 1.37 bits per heavy atom. The first-order valence-corrected chi connectivity index (χ1v) is 20.3. The number of nitrogens with zero attached hydrogens (tertiary/aromatic N) is 5. The molecule has 280 valence electrons. The van der Waals surface area contributed by atoms with Crippen LogP contribution in [0.1, 0.15) is 0 Å². The normalized spacial score (nSPS) is 11.7. The van der Waals surface area contributed by atoms with E-state index in [4.69, 9.17) is 15.0 Å². The number of aromatic nitrogens is 5. The number of hydrogen-bond acceptors (Lipinski definition) is 3. The molecule has 0 aliphatic rings. The van der Waals surface area contributed by atoms with Gasteiger partial charge in [0, 0.05) is 49.5 Å². The zero-order valence-electron chi connectivity index (χ0n) is 32.4. The van der Waals surface area contributed by atoms with Gasteiger partial charge in [0.05, 0.1) is 27.8 Å². The molecule has 60 heavy (non-hydrogen) atoms. The van der Waals surface area contributed by atoms with Gasteiger partial charge in [0.25, 0.3) is 0 Å². The molecule has 0 radical (unpaired) electrons. The average Bonchev–Trinajstić information content (AvgIpc) is 3.84. The highest BCUT2D eigenvalue weighted by Gasteiger charge is 2.20. The van der Waals surface area contributed by atoms with Crippen LogP contribution in [-0.4, -0.2) is 24.1 Å². The van der Waals surface area contributed by atoms with Gasteiger partial charge >= 0.3 is 0 Å². The van der Waals surface area contributed by atoms with Crippen molar-refractivity contribution < 1.29 is 0 Å². The first kappa shape index (κ1) is 33.9. The van der Waals surface area contributed by atoms with Crippen molar-refractivity contribution in [3.63, 3.8) is 0 Å². The Balaban J connectivity index is 1.09. The Morgan fingerprint density at radius 1 is 0.283 bits per heavy atom. The molecule has 0 aliphatic carbocycles. The third-order valence-electron chi connectivity index (χ3n) is 11.7. The molecule has 0 amide bonds. The fraction of sp³-hybridized carbons (Fsp3) is 0. The summed E-state index contributed by atoms with van der Waals surface area (Å²) in [6, 6.07) is 75.2. The van der Waals surface area contributed by atoms with Crippen LogP contribution < -0.4 is 0 Å². The molecule has 0 aliphatic heterocycles. The zero-order chi connectivity index (χ0) is 39.6. The van der Waals surface area contributed by atoms with Crippen molar-refractivity contribution in [2.75, 3.05) is 0 Å². The van der Waals surface area contributed by atoms with Crippen molar-refractivity contribution >= 4 is 54.4 Å². The molecule has 0 N–H and O–H groups in total. The maximum absolute atomic E-state index is 5.30. The quantitative estimate of drug-likeness (QED) is 0.169. The molecule has 0 saturated carbocycles. The highest BCUT2D eigenvalue weighted by Crippen LogP contribution is 2.39. The third kappa shape index (κ3) is 5.52. The van der Waals surface area contributed by atoms with E-state index in [1.54, 1.807) is 0 Å². The second-order valence-corrected chi connectivity index (χ2v) is 15.3. The monoisotopic (exact) mass is 765 g/mol. The maximum atomic E-state index is 5.30. The van der Waals surface area contributed by atoms with Crippen LogP contribution in [0, 0.1) is 0 Å². The highest BCUT2D eigenvalue weighted by atomic mass is 15.0. The van der Waals surface area contributed by atoms with Crippen molar-refractivity contribution in [2.45, 2.75) is 0 Å². The lowest BCUT2D eigenvalue weighted by atomic mass is 9.98. The zero-order valence-corrected chi connectivity index (χ0v) is 32.4. The van der Waals surface area contributed by atoms with E-state index in [9.17, 15) is 0 Å². The van der Waals surface area contributed by atoms with Crippen LogP contribution in [0.5, 0.6) is 0 Å². The molecular weight excluding hydrogens is 731 g/mol. The minimum absolute atomic E-state index is 0.605. The standard InChI is InChI=1S/C55H35N5/c1-2-16-37(17-3-1)53-56-54(40-19-14-20-42(34-40)59-48-25-10-6-21-44(48)45-22-7-11-26-49(45)59)58-55(57-53)41-31-32-43(39-30-29-36-15-4-5-18-38(36)33-39)52(35-41)60-50-27-12-8-23-46(50)47-24-9-13-28-51(47)60/h1-35H. The van der Waals surface area contributed by atoms with E-state index >= 15 is 0 Å². The largest absolute Gasteiger partial charge is 0.309 e. The lowest BCUT2D eigenvalue weighted by Crippen LogP contribution is -2.03. The predicted molar refractivity (Wildman–Crippen MR) is 248 cm³/mol. The fourth-order valence-corrected chi connectivity index (χ4v) is 8.97. The van der Waals surface area contributed by atoms with Crippen molar-refractivity contribution in [1.29, 1.82) is 0 Å². The molecule has 5 nitrogen and oxygen atoms in total. The summed E-state index contributed by atoms with van der Waals surface area (Å²) in [5, 5.41) is 7.27. The average molecular weight is 766 g/mol. The van der Waals surface area contributed by atoms with Gasteiger partial charge in [0.2, 0.25) is 0 Å². The smallest absolute Gasteiger partial charge is 0.164 e. The van der Waals surface area contributed by atoms with Crippen molar-refractivity contribution in [3.05, 3.63) is 212 Å². The van der Waals surface area contributed by atoms with Crippen LogP contribution >= 0.6 is 0 Å². The summed E-state index contributed by atoms with van der Waals surface area (Å²) < 4.78 is 4.73. The SMILES string of the molecule is c1ccc(-c2nc(-c3cccc(-n4c5ccccc5c5ccccc54)c3)nc(-c3ccc(-c4ccc5ccccc5c4)c(-n4c5ccccc5c5ccccc54)c3)n2)cc1. The van der Waals surface area contributed by atoms with E-state index in [0.717, 1.165) is 61.3 Å². The number of rotatable bonds is 6. The molecule has 9 aromatic carbocycles. The van der Waals surface area contributed by atoms with Crippen LogP contribution in [0.15, 0.2) is 212 Å². The Hall–Kier alpha value is -8.15. The number of fused-ring (bicyclic) bond motifs is 7. The molecule has 3 heterocycles. The summed E-state index contributed by atoms with van der Waals surface area (Å²) in [5.74, 6) is 1.83. The Bertz CT molecular complexity index is 3510. The summed E-state index contributed by atoms with van der Waals surface area (Å²) in [5.41, 5.74) is 11.7. The van der Waals surface area contributed by atoms with Gasteiger partial charge in [-0.3, -0.25) is 0 Å². The first-order chi connectivity index (χ1) is 29.7. The molecule has 12 aromatic rings. The van der Waals surface area contributed by atoms with Gasteiger partial charge in [0.15, 0.2) is 17.5 Å². The summed E-state index contributed by atoms with van der Waals surface area (Å²) in [6.07, 6.45) is 0. The lowest BCUT2D eigenvalue weighted by molar-refractivity contribution is 1.07. The highest BCUT2D eigenvalue weighted by molar-refractivity contribution is 6.10. The number of hydrogen-bond donors (Lipinski definition) is 0. The van der Waals surface area contributed by atoms with Crippen LogP contribution in [0.2, 0.25) is 0 Å². The minimum Gasteiger partial charge on any atom is -0.309 e. The van der Waals surface area contributed by atoms with E-state index in [2.05, 4.69) is 203 Å². The van der Waals surface area contributed by atoms with Crippen LogP contribution in [-0.2, 0) is 0 Å². The molecule has 3 aromatic heterocycles. The summed E-state index contributed by atoms with van der Waals surface area (Å²) >= 11 is 0. The van der Waals surface area contributed by atoms with E-state index < -0.39 is 0 Å². The van der Waals surface area contributed by atoms with Crippen molar-refractivity contribution in [3.8, 4) is 56.7 Å². The Labute approximate surface area is 346 Å². The van der Waals surface area contributed by atoms with Gasteiger partial charge in [-0.1, -0.05) is 164 Å². The molecular formula is C55H35N5. The van der Waals surface area contributed by atoms with E-state index in [1.807, 2.05) is 18.2 Å². The van der Waals surface area contributed by atoms with Gasteiger partial charge in [-0.25, -0.2) is 15.0 Å². The van der Waals surface area contributed by atoms with Crippen molar-refractivity contribution in [2.24, 2.45) is 0 Å². The molecule has 0 bridgehead atoms. The van der Waals surface area contributed by atoms with Crippen molar-refractivity contribution in [1.82, 2.24) is 24.1 Å². The fourth-order valence-electron chi connectivity index (χ4n) is 8.97. The molecule has 12 rings (SSSR count). The summed E-state index contributed by atoms with van der Waals surface area (Å²) in [6.45, 7) is 0. The van der Waals surface area contributed by atoms with E-state index in [-0.39, 0.29) is 0 Å². The number of benzene rings is 9. The molecule has 0 unspecified atom stereocenters. The first-order valence-electron chi connectivity index (χ1n) is 20.3. The van der Waals surface area contributed by atoms with Crippen LogP contribution in [0.4, 0.5) is 0 Å². The van der Waals surface area contributed by atoms with Crippen LogP contribution in [0.25, 0.3) is 111 Å².